The fourth-order valence-electron chi connectivity index (χ4n) is 3.82. The van der Waals surface area contributed by atoms with Crippen molar-refractivity contribution in [2.24, 2.45) is 5.92 Å². The molecular weight excluding hydrogens is 390 g/mol. The summed E-state index contributed by atoms with van der Waals surface area (Å²) in [7, 11) is 0. The Morgan fingerprint density at radius 1 is 1.16 bits per heavy atom. The van der Waals surface area contributed by atoms with Gasteiger partial charge in [0.2, 0.25) is 0 Å². The number of benzene rings is 1. The van der Waals surface area contributed by atoms with Crippen LogP contribution >= 0.6 is 0 Å². The van der Waals surface area contributed by atoms with E-state index in [0.29, 0.717) is 23.5 Å². The molecule has 3 aromatic rings. The van der Waals surface area contributed by atoms with E-state index in [0.717, 1.165) is 24.0 Å². The Balaban J connectivity index is 1.58. The summed E-state index contributed by atoms with van der Waals surface area (Å²) in [5.74, 6) is 6.43. The lowest BCUT2D eigenvalue weighted by molar-refractivity contribution is 0.0598. The fourth-order valence-corrected chi connectivity index (χ4v) is 3.82. The minimum atomic E-state index is -0.0373. The molecule has 1 fully saturated rings. The van der Waals surface area contributed by atoms with Gasteiger partial charge in [0.25, 0.3) is 5.91 Å². The number of pyridine rings is 1. The molecule has 1 saturated heterocycles. The van der Waals surface area contributed by atoms with Crippen molar-refractivity contribution in [3.63, 3.8) is 0 Å². The monoisotopic (exact) mass is 415 g/mol. The zero-order chi connectivity index (χ0) is 21.8. The second kappa shape index (κ2) is 9.11. The molecule has 0 unspecified atom stereocenters. The number of nitrogens with zero attached hydrogens (tertiary/aromatic N) is 5. The van der Waals surface area contributed by atoms with Gasteiger partial charge >= 0.3 is 0 Å². The van der Waals surface area contributed by atoms with Gasteiger partial charge in [-0.25, -0.2) is 4.98 Å². The van der Waals surface area contributed by atoms with Crippen molar-refractivity contribution in [3.05, 3.63) is 71.3 Å². The van der Waals surface area contributed by atoms with Crippen molar-refractivity contribution in [1.82, 2.24) is 24.9 Å². The number of carbonyl (C=O) groups is 1. The van der Waals surface area contributed by atoms with Crippen LogP contribution in [0.4, 0.5) is 0 Å². The van der Waals surface area contributed by atoms with E-state index in [4.69, 9.17) is 0 Å². The predicted molar refractivity (Wildman–Crippen MR) is 116 cm³/mol. The quantitative estimate of drug-likeness (QED) is 0.665. The van der Waals surface area contributed by atoms with Gasteiger partial charge in [-0.2, -0.15) is 15.0 Å². The van der Waals surface area contributed by atoms with Gasteiger partial charge < -0.3 is 10.0 Å². The highest BCUT2D eigenvalue weighted by Gasteiger charge is 2.30. The van der Waals surface area contributed by atoms with Gasteiger partial charge in [0, 0.05) is 24.7 Å². The molecule has 1 amide bonds. The molecule has 2 atom stereocenters. The molecule has 4 rings (SSSR count). The molecule has 1 aliphatic heterocycles. The standard InChI is InChI=1S/C24H25N5O2/c1-17-3-8-23(29-26-11-12-27-29)22(13-17)24(31)28-15-19(5-4-18(28)2)6-7-21-14-20(16-30)9-10-25-21/h3,8-14,18-19,30H,4-5,15-16H2,1-2H3/t18-,19+/m1/s1. The molecule has 1 aromatic carbocycles. The van der Waals surface area contributed by atoms with Crippen LogP contribution in [0.5, 0.6) is 0 Å². The average Bonchev–Trinajstić information content (AvgIpc) is 3.33. The van der Waals surface area contributed by atoms with Gasteiger partial charge in [0.1, 0.15) is 5.69 Å². The molecule has 0 radical (unpaired) electrons. The molecule has 7 nitrogen and oxygen atoms in total. The Morgan fingerprint density at radius 2 is 1.97 bits per heavy atom. The largest absolute Gasteiger partial charge is 0.392 e. The number of rotatable bonds is 3. The number of aliphatic hydroxyl groups excluding tert-OH is 1. The van der Waals surface area contributed by atoms with E-state index in [1.54, 1.807) is 30.7 Å². The first-order chi connectivity index (χ1) is 15.0. The van der Waals surface area contributed by atoms with Crippen LogP contribution in [-0.4, -0.2) is 48.5 Å². The van der Waals surface area contributed by atoms with Crippen LogP contribution < -0.4 is 0 Å². The number of hydrogen-bond donors (Lipinski definition) is 1. The van der Waals surface area contributed by atoms with Crippen molar-refractivity contribution >= 4 is 5.91 Å². The summed E-state index contributed by atoms with van der Waals surface area (Å²) in [6, 6.07) is 9.41. The minimum Gasteiger partial charge on any atom is -0.392 e. The lowest BCUT2D eigenvalue weighted by Gasteiger charge is -2.36. The van der Waals surface area contributed by atoms with E-state index >= 15 is 0 Å². The first-order valence-corrected chi connectivity index (χ1v) is 10.4. The van der Waals surface area contributed by atoms with E-state index in [1.165, 1.54) is 4.80 Å². The topological polar surface area (TPSA) is 84.1 Å². The van der Waals surface area contributed by atoms with Crippen LogP contribution in [0.25, 0.3) is 5.69 Å². The number of amides is 1. The molecule has 0 saturated carbocycles. The van der Waals surface area contributed by atoms with Gasteiger partial charge in [-0.15, -0.1) is 0 Å². The highest BCUT2D eigenvalue weighted by atomic mass is 16.3. The van der Waals surface area contributed by atoms with Crippen molar-refractivity contribution in [3.8, 4) is 17.5 Å². The second-order valence-corrected chi connectivity index (χ2v) is 7.90. The van der Waals surface area contributed by atoms with Crippen molar-refractivity contribution in [2.45, 2.75) is 39.3 Å². The zero-order valence-corrected chi connectivity index (χ0v) is 17.7. The molecule has 0 spiro atoms. The van der Waals surface area contributed by atoms with Crippen LogP contribution in [0.2, 0.25) is 0 Å². The number of carbonyl (C=O) groups excluding carboxylic acids is 1. The molecular formula is C24H25N5O2. The van der Waals surface area contributed by atoms with Gasteiger partial charge in [-0.3, -0.25) is 4.79 Å². The molecule has 0 bridgehead atoms. The third-order valence-electron chi connectivity index (χ3n) is 5.57. The lowest BCUT2D eigenvalue weighted by atomic mass is 9.92. The molecule has 2 aromatic heterocycles. The third-order valence-corrected chi connectivity index (χ3v) is 5.57. The van der Waals surface area contributed by atoms with Crippen molar-refractivity contribution in [1.29, 1.82) is 0 Å². The Labute approximate surface area is 181 Å². The van der Waals surface area contributed by atoms with E-state index < -0.39 is 0 Å². The van der Waals surface area contributed by atoms with Crippen molar-refractivity contribution < 1.29 is 9.90 Å². The summed E-state index contributed by atoms with van der Waals surface area (Å²) in [6.07, 6.45) is 6.67. The highest BCUT2D eigenvalue weighted by molar-refractivity contribution is 5.98. The number of aliphatic hydroxyl groups is 1. The molecule has 7 heteroatoms. The van der Waals surface area contributed by atoms with Crippen molar-refractivity contribution in [2.75, 3.05) is 6.54 Å². The van der Waals surface area contributed by atoms with Gasteiger partial charge in [0.15, 0.2) is 0 Å². The lowest BCUT2D eigenvalue weighted by Crippen LogP contribution is -2.45. The first kappa shape index (κ1) is 20.8. The van der Waals surface area contributed by atoms with E-state index in [2.05, 4.69) is 33.9 Å². The smallest absolute Gasteiger partial charge is 0.256 e. The Bertz CT molecular complexity index is 1130. The summed E-state index contributed by atoms with van der Waals surface area (Å²) in [4.78, 5) is 21.2. The van der Waals surface area contributed by atoms with Crippen LogP contribution in [0.15, 0.2) is 48.9 Å². The highest BCUT2D eigenvalue weighted by Crippen LogP contribution is 2.26. The van der Waals surface area contributed by atoms with E-state index in [9.17, 15) is 9.90 Å². The molecule has 31 heavy (non-hydrogen) atoms. The third kappa shape index (κ3) is 4.65. The molecule has 158 valence electrons. The normalized spacial score (nSPS) is 18.4. The number of likely N-dealkylation sites (tertiary alicyclic amines) is 1. The summed E-state index contributed by atoms with van der Waals surface area (Å²) >= 11 is 0. The Morgan fingerprint density at radius 3 is 2.74 bits per heavy atom. The van der Waals surface area contributed by atoms with Gasteiger partial charge in [-0.1, -0.05) is 17.6 Å². The molecule has 3 heterocycles. The van der Waals surface area contributed by atoms with Crippen LogP contribution in [0.3, 0.4) is 0 Å². The summed E-state index contributed by atoms with van der Waals surface area (Å²) in [6.45, 7) is 4.57. The van der Waals surface area contributed by atoms with Gasteiger partial charge in [0.05, 0.1) is 30.3 Å². The maximum absolute atomic E-state index is 13.6. The van der Waals surface area contributed by atoms with Crippen LogP contribution in [0.1, 0.15) is 46.9 Å². The first-order valence-electron chi connectivity index (χ1n) is 10.4. The van der Waals surface area contributed by atoms with Crippen LogP contribution in [-0.2, 0) is 6.61 Å². The second-order valence-electron chi connectivity index (χ2n) is 7.90. The fraction of sp³-hybridized carbons (Fsp3) is 0.333. The molecule has 1 N–H and O–H groups in total. The summed E-state index contributed by atoms with van der Waals surface area (Å²) in [5, 5.41) is 17.7. The van der Waals surface area contributed by atoms with Gasteiger partial charge in [-0.05, 0) is 62.4 Å². The number of piperidine rings is 1. The molecule has 1 aliphatic rings. The zero-order valence-electron chi connectivity index (χ0n) is 17.7. The number of aryl methyl sites for hydroxylation is 1. The summed E-state index contributed by atoms with van der Waals surface area (Å²) in [5.41, 5.74) is 3.69. The average molecular weight is 415 g/mol. The predicted octanol–water partition coefficient (Wildman–Crippen LogP) is 2.76. The van der Waals surface area contributed by atoms with E-state index in [-0.39, 0.29) is 24.5 Å². The summed E-state index contributed by atoms with van der Waals surface area (Å²) < 4.78 is 0. The maximum atomic E-state index is 13.6. The number of hydrogen-bond acceptors (Lipinski definition) is 5. The minimum absolute atomic E-state index is 0.0320. The number of aromatic nitrogens is 4. The molecule has 0 aliphatic carbocycles. The maximum Gasteiger partial charge on any atom is 0.256 e. The Hall–Kier alpha value is -3.50. The SMILES string of the molecule is Cc1ccc(-n2nccn2)c(C(=O)N2C[C@H](C#Cc3cc(CO)ccn3)CC[C@H]2C)c1. The van der Waals surface area contributed by atoms with E-state index in [1.807, 2.05) is 30.0 Å². The van der Waals surface area contributed by atoms with Crippen LogP contribution in [0, 0.1) is 24.7 Å². The Kier molecular flexibility index (Phi) is 6.10.